The van der Waals surface area contributed by atoms with Gasteiger partial charge in [-0.25, -0.2) is 17.6 Å². The molecule has 10 heteroatoms. The van der Waals surface area contributed by atoms with Crippen molar-refractivity contribution in [3.05, 3.63) is 53.8 Å². The van der Waals surface area contributed by atoms with Crippen LogP contribution in [-0.2, 0) is 19.6 Å². The van der Waals surface area contributed by atoms with Crippen LogP contribution in [0.4, 0.5) is 15.8 Å². The Morgan fingerprint density at radius 3 is 2.35 bits per heavy atom. The average Bonchev–Trinajstić information content (AvgIpc) is 3.37. The van der Waals surface area contributed by atoms with Crippen molar-refractivity contribution in [1.82, 2.24) is 4.31 Å². The van der Waals surface area contributed by atoms with Crippen molar-refractivity contribution in [3.8, 4) is 0 Å². The Labute approximate surface area is 198 Å². The molecule has 0 atom stereocenters. The van der Waals surface area contributed by atoms with E-state index in [-0.39, 0.29) is 16.1 Å². The summed E-state index contributed by atoms with van der Waals surface area (Å²) < 4.78 is 46.3. The largest absolute Gasteiger partial charge is 0.452 e. The van der Waals surface area contributed by atoms with E-state index in [9.17, 15) is 22.4 Å². The summed E-state index contributed by atoms with van der Waals surface area (Å²) in [5.74, 6) is -1.91. The maximum atomic E-state index is 13.3. The number of halogens is 1. The smallest absolute Gasteiger partial charge is 0.340 e. The van der Waals surface area contributed by atoms with Gasteiger partial charge in [-0.3, -0.25) is 4.79 Å². The minimum atomic E-state index is -3.74. The van der Waals surface area contributed by atoms with Crippen LogP contribution >= 0.6 is 0 Å². The molecule has 4 rings (SSSR count). The van der Waals surface area contributed by atoms with E-state index in [1.54, 1.807) is 6.07 Å². The van der Waals surface area contributed by atoms with Crippen LogP contribution in [0.1, 0.15) is 42.5 Å². The maximum Gasteiger partial charge on any atom is 0.340 e. The second-order valence-corrected chi connectivity index (χ2v) is 10.4. The molecule has 8 nitrogen and oxygen atoms in total. The summed E-state index contributed by atoms with van der Waals surface area (Å²) >= 11 is 0. The third-order valence-electron chi connectivity index (χ3n) is 6.03. The van der Waals surface area contributed by atoms with Crippen molar-refractivity contribution < 1.29 is 27.1 Å². The lowest BCUT2D eigenvalue weighted by Crippen LogP contribution is -2.35. The van der Waals surface area contributed by atoms with E-state index in [2.05, 4.69) is 5.32 Å². The highest BCUT2D eigenvalue weighted by atomic mass is 32.2. The number of nitrogens with one attached hydrogen (secondary N) is 1. The summed E-state index contributed by atoms with van der Waals surface area (Å²) in [5, 5.41) is 2.47. The first-order valence-corrected chi connectivity index (χ1v) is 12.9. The van der Waals surface area contributed by atoms with E-state index in [1.807, 2.05) is 4.90 Å². The fraction of sp³-hybridized carbons (Fsp3) is 0.417. The van der Waals surface area contributed by atoms with Gasteiger partial charge in [-0.15, -0.1) is 0 Å². The second kappa shape index (κ2) is 10.5. The number of sulfonamides is 1. The van der Waals surface area contributed by atoms with E-state index in [0.717, 1.165) is 51.3 Å². The van der Waals surface area contributed by atoms with E-state index in [0.29, 0.717) is 18.8 Å². The van der Waals surface area contributed by atoms with Crippen LogP contribution in [0.25, 0.3) is 0 Å². The number of esters is 1. The van der Waals surface area contributed by atoms with Gasteiger partial charge in [0.25, 0.3) is 5.91 Å². The standard InChI is InChI=1S/C24H28FN3O5S/c25-18-7-6-8-19(15-18)26-23(29)17-33-24(30)21-16-20(9-10-22(21)27-11-4-5-12-27)34(31,32)28-13-2-1-3-14-28/h6-10,15-16H,1-5,11-14,17H2,(H,26,29). The van der Waals surface area contributed by atoms with Gasteiger partial charge < -0.3 is 15.0 Å². The first kappa shape index (κ1) is 24.2. The molecule has 182 valence electrons. The van der Waals surface area contributed by atoms with E-state index < -0.39 is 34.3 Å². The average molecular weight is 490 g/mol. The van der Waals surface area contributed by atoms with E-state index >= 15 is 0 Å². The molecule has 0 unspecified atom stereocenters. The molecule has 34 heavy (non-hydrogen) atoms. The highest BCUT2D eigenvalue weighted by Gasteiger charge is 2.29. The molecule has 2 aromatic rings. The highest BCUT2D eigenvalue weighted by Crippen LogP contribution is 2.30. The van der Waals surface area contributed by atoms with Crippen molar-refractivity contribution in [3.63, 3.8) is 0 Å². The number of hydrogen-bond acceptors (Lipinski definition) is 6. The molecule has 0 aromatic heterocycles. The number of piperidine rings is 1. The summed E-state index contributed by atoms with van der Waals surface area (Å²) in [5.41, 5.74) is 0.942. The van der Waals surface area contributed by atoms with E-state index in [1.165, 1.54) is 34.6 Å². The van der Waals surface area contributed by atoms with Crippen LogP contribution in [0, 0.1) is 5.82 Å². The number of benzene rings is 2. The van der Waals surface area contributed by atoms with Crippen LogP contribution in [0.3, 0.4) is 0 Å². The summed E-state index contributed by atoms with van der Waals surface area (Å²) in [4.78, 5) is 27.3. The molecule has 0 aliphatic carbocycles. The first-order chi connectivity index (χ1) is 16.3. The van der Waals surface area contributed by atoms with Crippen molar-refractivity contribution in [2.75, 3.05) is 43.0 Å². The number of ether oxygens (including phenoxy) is 1. The number of anilines is 2. The molecule has 1 amide bonds. The molecular weight excluding hydrogens is 461 g/mol. The zero-order chi connectivity index (χ0) is 24.1. The zero-order valence-corrected chi connectivity index (χ0v) is 19.7. The zero-order valence-electron chi connectivity index (χ0n) is 18.8. The van der Waals surface area contributed by atoms with Crippen LogP contribution in [0.5, 0.6) is 0 Å². The van der Waals surface area contributed by atoms with Gasteiger partial charge in [0.1, 0.15) is 5.82 Å². The topological polar surface area (TPSA) is 96.0 Å². The number of nitrogens with zero attached hydrogens (tertiary/aromatic N) is 2. The van der Waals surface area contributed by atoms with Crippen LogP contribution in [0.15, 0.2) is 47.4 Å². The lowest BCUT2D eigenvalue weighted by molar-refractivity contribution is -0.119. The molecule has 1 N–H and O–H groups in total. The first-order valence-electron chi connectivity index (χ1n) is 11.5. The van der Waals surface area contributed by atoms with Gasteiger partial charge in [-0.2, -0.15) is 4.31 Å². The van der Waals surface area contributed by atoms with Gasteiger partial charge >= 0.3 is 5.97 Å². The number of amides is 1. The monoisotopic (exact) mass is 489 g/mol. The predicted octanol–water partition coefficient (Wildman–Crippen LogP) is 3.40. The van der Waals surface area contributed by atoms with Gasteiger partial charge in [-0.1, -0.05) is 12.5 Å². The molecular formula is C24H28FN3O5S. The Balaban J connectivity index is 1.53. The Morgan fingerprint density at radius 1 is 0.941 bits per heavy atom. The van der Waals surface area contributed by atoms with Gasteiger partial charge in [-0.05, 0) is 62.1 Å². The van der Waals surface area contributed by atoms with Gasteiger partial charge in [0.2, 0.25) is 10.0 Å². The van der Waals surface area contributed by atoms with Gasteiger partial charge in [0.05, 0.1) is 16.1 Å². The molecule has 2 aliphatic heterocycles. The summed E-state index contributed by atoms with van der Waals surface area (Å²) in [6.07, 6.45) is 4.55. The number of rotatable bonds is 7. The van der Waals surface area contributed by atoms with Gasteiger partial charge in [0.15, 0.2) is 6.61 Å². The lowest BCUT2D eigenvalue weighted by atomic mass is 10.1. The molecule has 0 bridgehead atoms. The fourth-order valence-corrected chi connectivity index (χ4v) is 5.84. The quantitative estimate of drug-likeness (QED) is 0.599. The third-order valence-corrected chi connectivity index (χ3v) is 7.92. The SMILES string of the molecule is O=C(COC(=O)c1cc(S(=O)(=O)N2CCCCC2)ccc1N1CCCC1)Nc1cccc(F)c1. The Morgan fingerprint density at radius 2 is 1.65 bits per heavy atom. The molecule has 2 aromatic carbocycles. The summed E-state index contributed by atoms with van der Waals surface area (Å²) in [6, 6.07) is 9.90. The normalized spacial score (nSPS) is 16.9. The minimum Gasteiger partial charge on any atom is -0.452 e. The van der Waals surface area contributed by atoms with Crippen LogP contribution in [-0.4, -0.2) is 57.4 Å². The predicted molar refractivity (Wildman–Crippen MR) is 126 cm³/mol. The minimum absolute atomic E-state index is 0.0357. The summed E-state index contributed by atoms with van der Waals surface area (Å²) in [6.45, 7) is 1.82. The Hall–Kier alpha value is -2.98. The molecule has 2 aliphatic rings. The third kappa shape index (κ3) is 5.56. The maximum absolute atomic E-state index is 13.3. The van der Waals surface area contributed by atoms with Crippen LogP contribution in [0.2, 0.25) is 0 Å². The molecule has 2 heterocycles. The Bertz CT molecular complexity index is 1160. The van der Waals surface area contributed by atoms with E-state index in [4.69, 9.17) is 4.74 Å². The molecule has 2 saturated heterocycles. The Kier molecular flexibility index (Phi) is 7.47. The summed E-state index contributed by atoms with van der Waals surface area (Å²) in [7, 11) is -3.74. The molecule has 0 spiro atoms. The highest BCUT2D eigenvalue weighted by molar-refractivity contribution is 7.89. The fourth-order valence-electron chi connectivity index (χ4n) is 4.30. The number of carbonyl (C=O) groups excluding carboxylic acids is 2. The van der Waals surface area contributed by atoms with Crippen molar-refractivity contribution >= 4 is 33.3 Å². The van der Waals surface area contributed by atoms with Crippen molar-refractivity contribution in [1.29, 1.82) is 0 Å². The van der Waals surface area contributed by atoms with Crippen molar-refractivity contribution in [2.45, 2.75) is 37.0 Å². The molecule has 0 saturated carbocycles. The lowest BCUT2D eigenvalue weighted by Gasteiger charge is -2.27. The molecule has 2 fully saturated rings. The second-order valence-electron chi connectivity index (χ2n) is 8.47. The number of carbonyl (C=O) groups is 2. The van der Waals surface area contributed by atoms with Crippen molar-refractivity contribution in [2.24, 2.45) is 0 Å². The molecule has 0 radical (unpaired) electrons. The van der Waals surface area contributed by atoms with Gasteiger partial charge in [0, 0.05) is 31.9 Å². The van der Waals surface area contributed by atoms with Crippen LogP contribution < -0.4 is 10.2 Å². The number of hydrogen-bond donors (Lipinski definition) is 1.